The molecule has 0 saturated carbocycles. The molecule has 2 heterocycles. The van der Waals surface area contributed by atoms with Crippen molar-refractivity contribution in [1.29, 1.82) is 0 Å². The second kappa shape index (κ2) is 6.49. The Balaban J connectivity index is 1.56. The van der Waals surface area contributed by atoms with Crippen LogP contribution in [0.1, 0.15) is 5.82 Å². The van der Waals surface area contributed by atoms with Gasteiger partial charge in [-0.1, -0.05) is 30.3 Å². The zero-order valence-corrected chi connectivity index (χ0v) is 11.7. The number of benzene rings is 1. The van der Waals surface area contributed by atoms with Gasteiger partial charge in [0.2, 0.25) is 0 Å². The number of nitrogens with one attached hydrogen (secondary N) is 3. The predicted octanol–water partition coefficient (Wildman–Crippen LogP) is 2.19. The number of nitrogens with zero attached hydrogens (tertiary/aromatic N) is 3. The molecule has 3 aromatic rings. The minimum Gasteiger partial charge on any atom is -0.341 e. The number of aromatic nitrogens is 4. The van der Waals surface area contributed by atoms with Crippen molar-refractivity contribution in [1.82, 2.24) is 25.3 Å². The summed E-state index contributed by atoms with van der Waals surface area (Å²) in [5, 5.41) is 5.29. The van der Waals surface area contributed by atoms with E-state index in [0.29, 0.717) is 18.2 Å². The molecule has 0 aliphatic heterocycles. The van der Waals surface area contributed by atoms with Crippen LogP contribution in [-0.4, -0.2) is 26.0 Å². The number of imidazole rings is 1. The number of carbonyl (C=O) groups is 1. The third-order valence-electron chi connectivity index (χ3n) is 2.93. The van der Waals surface area contributed by atoms with E-state index in [9.17, 15) is 4.79 Å². The maximum absolute atomic E-state index is 11.7. The molecule has 110 valence electrons. The lowest BCUT2D eigenvalue weighted by Gasteiger charge is -2.04. The summed E-state index contributed by atoms with van der Waals surface area (Å²) in [5.74, 6) is 1.07. The van der Waals surface area contributed by atoms with Crippen LogP contribution in [0.4, 0.5) is 10.6 Å². The Labute approximate surface area is 126 Å². The van der Waals surface area contributed by atoms with Gasteiger partial charge in [-0.2, -0.15) is 0 Å². The molecular weight excluding hydrogens is 280 g/mol. The maximum Gasteiger partial charge on any atom is 0.320 e. The smallest absolute Gasteiger partial charge is 0.320 e. The van der Waals surface area contributed by atoms with Crippen molar-refractivity contribution in [3.8, 4) is 11.3 Å². The molecule has 0 atom stereocenters. The van der Waals surface area contributed by atoms with Crippen LogP contribution in [0.3, 0.4) is 0 Å². The average Bonchev–Trinajstić information content (AvgIpc) is 3.04. The molecule has 7 heteroatoms. The van der Waals surface area contributed by atoms with Crippen LogP contribution in [0, 0.1) is 0 Å². The number of hydrogen-bond donors (Lipinski definition) is 3. The van der Waals surface area contributed by atoms with Gasteiger partial charge in [0.1, 0.15) is 5.82 Å². The van der Waals surface area contributed by atoms with Crippen LogP contribution < -0.4 is 10.6 Å². The molecule has 0 aliphatic rings. The fourth-order valence-corrected chi connectivity index (χ4v) is 1.90. The van der Waals surface area contributed by atoms with Crippen LogP contribution in [-0.2, 0) is 6.54 Å². The topological polar surface area (TPSA) is 95.6 Å². The monoisotopic (exact) mass is 294 g/mol. The van der Waals surface area contributed by atoms with E-state index in [0.717, 1.165) is 11.3 Å². The van der Waals surface area contributed by atoms with Crippen molar-refractivity contribution >= 4 is 11.8 Å². The van der Waals surface area contributed by atoms with Crippen LogP contribution in [0.2, 0.25) is 0 Å². The summed E-state index contributed by atoms with van der Waals surface area (Å²) < 4.78 is 0. The molecule has 7 nitrogen and oxygen atoms in total. The minimum atomic E-state index is -0.363. The van der Waals surface area contributed by atoms with Crippen molar-refractivity contribution in [3.63, 3.8) is 0 Å². The van der Waals surface area contributed by atoms with Crippen molar-refractivity contribution in [2.24, 2.45) is 0 Å². The predicted molar refractivity (Wildman–Crippen MR) is 81.9 cm³/mol. The molecule has 2 amide bonds. The second-order valence-electron chi connectivity index (χ2n) is 4.51. The van der Waals surface area contributed by atoms with E-state index >= 15 is 0 Å². The summed E-state index contributed by atoms with van der Waals surface area (Å²) in [7, 11) is 0. The zero-order valence-electron chi connectivity index (χ0n) is 11.7. The first kappa shape index (κ1) is 13.7. The van der Waals surface area contributed by atoms with Crippen molar-refractivity contribution in [2.75, 3.05) is 5.32 Å². The summed E-state index contributed by atoms with van der Waals surface area (Å²) in [6.07, 6.45) is 6.26. The summed E-state index contributed by atoms with van der Waals surface area (Å²) in [4.78, 5) is 27.0. The fraction of sp³-hybridized carbons (Fsp3) is 0.0667. The molecule has 3 N–H and O–H groups in total. The lowest BCUT2D eigenvalue weighted by atomic mass is 10.2. The third-order valence-corrected chi connectivity index (χ3v) is 2.93. The average molecular weight is 294 g/mol. The van der Waals surface area contributed by atoms with Gasteiger partial charge in [-0.05, 0) is 5.56 Å². The Kier molecular flexibility index (Phi) is 4.05. The summed E-state index contributed by atoms with van der Waals surface area (Å²) >= 11 is 0. The Morgan fingerprint density at radius 2 is 1.95 bits per heavy atom. The first-order valence-electron chi connectivity index (χ1n) is 6.71. The highest BCUT2D eigenvalue weighted by Crippen LogP contribution is 2.15. The highest BCUT2D eigenvalue weighted by Gasteiger charge is 2.06. The molecule has 3 rings (SSSR count). The van der Waals surface area contributed by atoms with Gasteiger partial charge in [0.05, 0.1) is 24.6 Å². The van der Waals surface area contributed by atoms with Gasteiger partial charge < -0.3 is 10.3 Å². The Bertz CT molecular complexity index is 741. The first-order valence-corrected chi connectivity index (χ1v) is 6.71. The van der Waals surface area contributed by atoms with E-state index in [-0.39, 0.29) is 6.03 Å². The lowest BCUT2D eigenvalue weighted by molar-refractivity contribution is 0.251. The Hall–Kier alpha value is -3.22. The van der Waals surface area contributed by atoms with Gasteiger partial charge >= 0.3 is 6.03 Å². The zero-order chi connectivity index (χ0) is 15.2. The summed E-state index contributed by atoms with van der Waals surface area (Å²) in [6, 6.07) is 9.50. The van der Waals surface area contributed by atoms with Gasteiger partial charge in [0.25, 0.3) is 0 Å². The molecule has 0 unspecified atom stereocenters. The largest absolute Gasteiger partial charge is 0.341 e. The van der Waals surface area contributed by atoms with E-state index in [1.165, 1.54) is 18.6 Å². The standard InChI is InChI=1S/C15H14N6O/c22-15(21-13-9-16-6-7-17-13)19-10-14-18-8-12(20-14)11-4-2-1-3-5-11/h1-9H,10H2,(H,18,20)(H2,17,19,21,22). The van der Waals surface area contributed by atoms with Crippen LogP contribution in [0.25, 0.3) is 11.3 Å². The first-order chi connectivity index (χ1) is 10.8. The second-order valence-corrected chi connectivity index (χ2v) is 4.51. The number of rotatable bonds is 4. The maximum atomic E-state index is 11.7. The summed E-state index contributed by atoms with van der Waals surface area (Å²) in [6.45, 7) is 0.291. The number of anilines is 1. The molecule has 0 fully saturated rings. The minimum absolute atomic E-state index is 0.291. The van der Waals surface area contributed by atoms with Crippen molar-refractivity contribution in [2.45, 2.75) is 6.54 Å². The normalized spacial score (nSPS) is 10.2. The van der Waals surface area contributed by atoms with Gasteiger partial charge in [-0.3, -0.25) is 10.3 Å². The van der Waals surface area contributed by atoms with Gasteiger partial charge in [0.15, 0.2) is 5.82 Å². The Morgan fingerprint density at radius 3 is 2.73 bits per heavy atom. The van der Waals surface area contributed by atoms with E-state index in [4.69, 9.17) is 0 Å². The van der Waals surface area contributed by atoms with Crippen molar-refractivity contribution < 1.29 is 4.79 Å². The molecule has 1 aromatic carbocycles. The molecular formula is C15H14N6O. The highest BCUT2D eigenvalue weighted by atomic mass is 16.2. The van der Waals surface area contributed by atoms with E-state index in [2.05, 4.69) is 30.6 Å². The molecule has 2 aromatic heterocycles. The SMILES string of the molecule is O=C(NCc1ncc(-c2ccccc2)[nH]1)Nc1cnccn1. The van der Waals surface area contributed by atoms with Crippen LogP contribution in [0.15, 0.2) is 55.1 Å². The molecule has 0 bridgehead atoms. The van der Waals surface area contributed by atoms with Gasteiger partial charge in [-0.25, -0.2) is 14.8 Å². The van der Waals surface area contributed by atoms with Gasteiger partial charge in [0, 0.05) is 12.4 Å². The van der Waals surface area contributed by atoms with Crippen molar-refractivity contribution in [3.05, 3.63) is 60.9 Å². The molecule has 0 saturated heterocycles. The lowest BCUT2D eigenvalue weighted by Crippen LogP contribution is -2.29. The quantitative estimate of drug-likeness (QED) is 0.687. The molecule has 0 aliphatic carbocycles. The number of aromatic amines is 1. The fourth-order valence-electron chi connectivity index (χ4n) is 1.90. The molecule has 0 spiro atoms. The number of H-pyrrole nitrogens is 1. The Morgan fingerprint density at radius 1 is 1.09 bits per heavy atom. The number of carbonyl (C=O) groups excluding carboxylic acids is 1. The number of urea groups is 1. The number of amides is 2. The summed E-state index contributed by atoms with van der Waals surface area (Å²) in [5.41, 5.74) is 1.96. The van der Waals surface area contributed by atoms with E-state index in [1.807, 2.05) is 30.3 Å². The van der Waals surface area contributed by atoms with E-state index in [1.54, 1.807) is 6.20 Å². The number of hydrogen-bond acceptors (Lipinski definition) is 4. The third kappa shape index (κ3) is 3.45. The van der Waals surface area contributed by atoms with Crippen LogP contribution in [0.5, 0.6) is 0 Å². The molecule has 0 radical (unpaired) electrons. The molecule has 22 heavy (non-hydrogen) atoms. The van der Waals surface area contributed by atoms with Crippen LogP contribution >= 0.6 is 0 Å². The van der Waals surface area contributed by atoms with Gasteiger partial charge in [-0.15, -0.1) is 0 Å². The van der Waals surface area contributed by atoms with E-state index < -0.39 is 0 Å². The highest BCUT2D eigenvalue weighted by molar-refractivity contribution is 5.87.